The molecular formula is C6H9NO5. The van der Waals surface area contributed by atoms with Crippen LogP contribution >= 0.6 is 0 Å². The Hall–Kier alpha value is -1.46. The molecule has 0 aliphatic rings. The summed E-state index contributed by atoms with van der Waals surface area (Å²) in [6, 6.07) is 0. The summed E-state index contributed by atoms with van der Waals surface area (Å²) in [5, 5.41) is 9.80. The number of rotatable bonds is 5. The molecule has 12 heavy (non-hydrogen) atoms. The molecule has 0 radical (unpaired) electrons. The zero-order valence-electron chi connectivity index (χ0n) is 6.61. The number of esters is 1. The number of ketones is 1. The molecule has 0 spiro atoms. The van der Waals surface area contributed by atoms with Crippen LogP contribution in [0.5, 0.6) is 0 Å². The van der Waals surface area contributed by atoms with Crippen molar-refractivity contribution in [3.63, 3.8) is 0 Å². The summed E-state index contributed by atoms with van der Waals surface area (Å²) in [6.45, 7) is -0.303. The molecule has 0 fully saturated rings. The summed E-state index contributed by atoms with van der Waals surface area (Å²) in [6.07, 6.45) is -0.0609. The highest BCUT2D eigenvalue weighted by Crippen LogP contribution is 1.92. The lowest BCUT2D eigenvalue weighted by atomic mass is 10.2. The highest BCUT2D eigenvalue weighted by atomic mass is 16.6. The Bertz CT molecular complexity index is 200. The van der Waals surface area contributed by atoms with Crippen molar-refractivity contribution in [3.8, 4) is 0 Å². The molecule has 6 heteroatoms. The maximum absolute atomic E-state index is 10.7. The standard InChI is InChI=1S/C6H9NO5/c1-12-6(9)5(8)3-2-4-7(10)11/h2-4H2,1H3. The molecule has 0 saturated carbocycles. The number of Topliss-reactive ketones (excluding diaryl/α,β-unsaturated/α-hetero) is 1. The van der Waals surface area contributed by atoms with Gasteiger partial charge in [0.25, 0.3) is 0 Å². The van der Waals surface area contributed by atoms with E-state index in [2.05, 4.69) is 4.74 Å². The molecule has 6 nitrogen and oxygen atoms in total. The molecule has 0 bridgehead atoms. The third-order valence-corrected chi connectivity index (χ3v) is 1.16. The van der Waals surface area contributed by atoms with Crippen LogP contribution in [0.25, 0.3) is 0 Å². The predicted molar refractivity (Wildman–Crippen MR) is 38.1 cm³/mol. The quantitative estimate of drug-likeness (QED) is 0.249. The fourth-order valence-corrected chi connectivity index (χ4v) is 0.585. The summed E-state index contributed by atoms with van der Waals surface area (Å²) in [5.74, 6) is -1.67. The molecule has 0 atom stereocenters. The molecule has 0 saturated heterocycles. The zero-order valence-corrected chi connectivity index (χ0v) is 6.61. The van der Waals surface area contributed by atoms with Gasteiger partial charge in [-0.25, -0.2) is 4.79 Å². The Morgan fingerprint density at radius 1 is 1.50 bits per heavy atom. The lowest BCUT2D eigenvalue weighted by Crippen LogP contribution is -2.16. The van der Waals surface area contributed by atoms with Gasteiger partial charge >= 0.3 is 5.97 Å². The fourth-order valence-electron chi connectivity index (χ4n) is 0.585. The maximum Gasteiger partial charge on any atom is 0.374 e. The minimum atomic E-state index is -0.946. The lowest BCUT2D eigenvalue weighted by Gasteiger charge is -1.95. The summed E-state index contributed by atoms with van der Waals surface area (Å²) in [5.41, 5.74) is 0. The van der Waals surface area contributed by atoms with Gasteiger partial charge in [-0.15, -0.1) is 0 Å². The van der Waals surface area contributed by atoms with Crippen molar-refractivity contribution in [2.45, 2.75) is 12.8 Å². The molecule has 0 unspecified atom stereocenters. The molecule has 0 heterocycles. The minimum absolute atomic E-state index is 0.0704. The summed E-state index contributed by atoms with van der Waals surface area (Å²) in [4.78, 5) is 30.4. The SMILES string of the molecule is COC(=O)C(=O)CCC[N+](=O)[O-]. The zero-order chi connectivity index (χ0) is 9.56. The third kappa shape index (κ3) is 4.37. The van der Waals surface area contributed by atoms with E-state index in [4.69, 9.17) is 0 Å². The number of carbonyl (C=O) groups excluding carboxylic acids is 2. The molecule has 0 aliphatic carbocycles. The van der Waals surface area contributed by atoms with E-state index in [1.807, 2.05) is 0 Å². The number of hydrogen-bond donors (Lipinski definition) is 0. The van der Waals surface area contributed by atoms with Crippen molar-refractivity contribution in [1.82, 2.24) is 0 Å². The lowest BCUT2D eigenvalue weighted by molar-refractivity contribution is -0.480. The normalized spacial score (nSPS) is 9.08. The molecule has 0 amide bonds. The van der Waals surface area contributed by atoms with Crippen molar-refractivity contribution >= 4 is 11.8 Å². The van der Waals surface area contributed by atoms with Gasteiger partial charge in [-0.1, -0.05) is 0 Å². The largest absolute Gasteiger partial charge is 0.463 e. The fraction of sp³-hybridized carbons (Fsp3) is 0.667. The van der Waals surface area contributed by atoms with E-state index in [1.54, 1.807) is 0 Å². The van der Waals surface area contributed by atoms with E-state index in [0.29, 0.717) is 0 Å². The Morgan fingerprint density at radius 3 is 2.50 bits per heavy atom. The van der Waals surface area contributed by atoms with Crippen LogP contribution in [0.15, 0.2) is 0 Å². The number of ether oxygens (including phenoxy) is 1. The second kappa shape index (κ2) is 5.22. The van der Waals surface area contributed by atoms with Gasteiger partial charge in [-0.05, 0) is 0 Å². The van der Waals surface area contributed by atoms with E-state index >= 15 is 0 Å². The first-order chi connectivity index (χ1) is 5.57. The number of nitrogens with zero attached hydrogens (tertiary/aromatic N) is 1. The van der Waals surface area contributed by atoms with Crippen molar-refractivity contribution in [3.05, 3.63) is 10.1 Å². The molecule has 0 N–H and O–H groups in total. The van der Waals surface area contributed by atoms with Gasteiger partial charge in [0.05, 0.1) is 7.11 Å². The predicted octanol–water partition coefficient (Wildman–Crippen LogP) is -0.215. The van der Waals surface area contributed by atoms with Crippen LogP contribution in [0.3, 0.4) is 0 Å². The molecule has 0 aromatic heterocycles. The van der Waals surface area contributed by atoms with Gasteiger partial charge in [0.1, 0.15) is 0 Å². The molecule has 0 aromatic rings. The van der Waals surface area contributed by atoms with Crippen LogP contribution < -0.4 is 0 Å². The first-order valence-corrected chi connectivity index (χ1v) is 3.31. The van der Waals surface area contributed by atoms with Crippen LogP contribution in [0.4, 0.5) is 0 Å². The maximum atomic E-state index is 10.7. The number of hydrogen-bond acceptors (Lipinski definition) is 5. The highest BCUT2D eigenvalue weighted by Gasteiger charge is 2.13. The van der Waals surface area contributed by atoms with Crippen molar-refractivity contribution in [1.29, 1.82) is 0 Å². The second-order valence-corrected chi connectivity index (χ2v) is 2.07. The van der Waals surface area contributed by atoms with E-state index in [9.17, 15) is 19.7 Å². The van der Waals surface area contributed by atoms with E-state index in [1.165, 1.54) is 0 Å². The van der Waals surface area contributed by atoms with Crippen molar-refractivity contribution in [2.24, 2.45) is 0 Å². The number of methoxy groups -OCH3 is 1. The van der Waals surface area contributed by atoms with Crippen LogP contribution in [0.1, 0.15) is 12.8 Å². The monoisotopic (exact) mass is 175 g/mol. The Labute approximate surface area is 68.7 Å². The first kappa shape index (κ1) is 10.5. The van der Waals surface area contributed by atoms with Crippen molar-refractivity contribution < 1.29 is 19.2 Å². The van der Waals surface area contributed by atoms with Crippen LogP contribution in [0, 0.1) is 10.1 Å². The molecule has 0 aromatic carbocycles. The first-order valence-electron chi connectivity index (χ1n) is 3.31. The summed E-state index contributed by atoms with van der Waals surface area (Å²) < 4.78 is 4.11. The van der Waals surface area contributed by atoms with Crippen LogP contribution in [-0.4, -0.2) is 30.3 Å². The van der Waals surface area contributed by atoms with Crippen LogP contribution in [0.2, 0.25) is 0 Å². The average molecular weight is 175 g/mol. The molecular weight excluding hydrogens is 166 g/mol. The van der Waals surface area contributed by atoms with Gasteiger partial charge in [-0.3, -0.25) is 14.9 Å². The van der Waals surface area contributed by atoms with Crippen LogP contribution in [-0.2, 0) is 14.3 Å². The number of nitro groups is 1. The highest BCUT2D eigenvalue weighted by molar-refractivity contribution is 6.33. The smallest absolute Gasteiger partial charge is 0.374 e. The van der Waals surface area contributed by atoms with Gasteiger partial charge in [-0.2, -0.15) is 0 Å². The van der Waals surface area contributed by atoms with Crippen molar-refractivity contribution in [2.75, 3.05) is 13.7 Å². The summed E-state index contributed by atoms with van der Waals surface area (Å²) >= 11 is 0. The average Bonchev–Trinajstić information content (AvgIpc) is 2.02. The summed E-state index contributed by atoms with van der Waals surface area (Å²) in [7, 11) is 1.09. The van der Waals surface area contributed by atoms with E-state index in [-0.39, 0.29) is 19.4 Å². The minimum Gasteiger partial charge on any atom is -0.463 e. The third-order valence-electron chi connectivity index (χ3n) is 1.16. The topological polar surface area (TPSA) is 86.5 Å². The second-order valence-electron chi connectivity index (χ2n) is 2.07. The molecule has 0 rings (SSSR count). The number of carbonyl (C=O) groups is 2. The van der Waals surface area contributed by atoms with E-state index in [0.717, 1.165) is 7.11 Å². The molecule has 0 aliphatic heterocycles. The Morgan fingerprint density at radius 2 is 2.08 bits per heavy atom. The van der Waals surface area contributed by atoms with E-state index < -0.39 is 16.7 Å². The van der Waals surface area contributed by atoms with Gasteiger partial charge in [0.15, 0.2) is 0 Å². The Balaban J connectivity index is 3.58. The van der Waals surface area contributed by atoms with Gasteiger partial charge in [0.2, 0.25) is 12.3 Å². The Kier molecular flexibility index (Phi) is 4.59. The molecule has 68 valence electrons. The van der Waals surface area contributed by atoms with Gasteiger partial charge < -0.3 is 4.74 Å². The van der Waals surface area contributed by atoms with Gasteiger partial charge in [0, 0.05) is 17.8 Å².